The Labute approximate surface area is 99.3 Å². The quantitative estimate of drug-likeness (QED) is 0.324. The molecule has 0 spiro atoms. The molecule has 0 radical (unpaired) electrons. The zero-order valence-electron chi connectivity index (χ0n) is 9.76. The molecular formula is C12H14O5. The van der Waals surface area contributed by atoms with E-state index in [1.54, 1.807) is 19.1 Å². The summed E-state index contributed by atoms with van der Waals surface area (Å²) >= 11 is 0. The van der Waals surface area contributed by atoms with Gasteiger partial charge in [0.15, 0.2) is 6.79 Å². The van der Waals surface area contributed by atoms with E-state index in [2.05, 4.69) is 4.74 Å². The van der Waals surface area contributed by atoms with Gasteiger partial charge in [-0.1, -0.05) is 0 Å². The van der Waals surface area contributed by atoms with E-state index in [-0.39, 0.29) is 19.0 Å². The van der Waals surface area contributed by atoms with Crippen molar-refractivity contribution >= 4 is 11.8 Å². The number of methoxy groups -OCH3 is 1. The highest BCUT2D eigenvalue weighted by molar-refractivity contribution is 6.40. The van der Waals surface area contributed by atoms with Gasteiger partial charge in [0.2, 0.25) is 0 Å². The molecule has 0 unspecified atom stereocenters. The smallest absolute Gasteiger partial charge is 0.379 e. The summed E-state index contributed by atoms with van der Waals surface area (Å²) in [6.45, 7) is 1.96. The second-order valence-electron chi connectivity index (χ2n) is 3.12. The number of benzene rings is 1. The standard InChI is InChI=1S/C12H14O5/c1-3-16-12(14)11(13)9-4-6-10(7-5-9)17-8-15-2/h4-7H,3,8H2,1-2H3. The zero-order valence-corrected chi connectivity index (χ0v) is 9.76. The maximum Gasteiger partial charge on any atom is 0.379 e. The molecule has 0 aliphatic carbocycles. The fourth-order valence-electron chi connectivity index (χ4n) is 1.14. The Balaban J connectivity index is 2.67. The van der Waals surface area contributed by atoms with Crippen molar-refractivity contribution in [3.8, 4) is 5.75 Å². The van der Waals surface area contributed by atoms with E-state index in [1.807, 2.05) is 0 Å². The Bertz CT molecular complexity index is 382. The van der Waals surface area contributed by atoms with E-state index in [9.17, 15) is 9.59 Å². The van der Waals surface area contributed by atoms with Gasteiger partial charge in [0.25, 0.3) is 5.78 Å². The van der Waals surface area contributed by atoms with Crippen LogP contribution in [0.3, 0.4) is 0 Å². The molecule has 1 aromatic carbocycles. The fraction of sp³-hybridized carbons (Fsp3) is 0.333. The van der Waals surface area contributed by atoms with Gasteiger partial charge in [0, 0.05) is 12.7 Å². The SMILES string of the molecule is CCOC(=O)C(=O)c1ccc(OCOC)cc1. The first-order valence-electron chi connectivity index (χ1n) is 5.12. The van der Waals surface area contributed by atoms with Gasteiger partial charge >= 0.3 is 5.97 Å². The number of ketones is 1. The number of carbonyl (C=O) groups is 2. The Morgan fingerprint density at radius 2 is 1.82 bits per heavy atom. The first kappa shape index (κ1) is 13.2. The lowest BCUT2D eigenvalue weighted by molar-refractivity contribution is -0.137. The third-order valence-corrected chi connectivity index (χ3v) is 1.92. The van der Waals surface area contributed by atoms with E-state index in [0.29, 0.717) is 5.75 Å². The van der Waals surface area contributed by atoms with Crippen molar-refractivity contribution < 1.29 is 23.8 Å². The number of rotatable bonds is 6. The number of hydrogen-bond acceptors (Lipinski definition) is 5. The molecule has 0 heterocycles. The van der Waals surface area contributed by atoms with E-state index >= 15 is 0 Å². The van der Waals surface area contributed by atoms with Crippen molar-refractivity contribution in [3.05, 3.63) is 29.8 Å². The summed E-state index contributed by atoms with van der Waals surface area (Å²) in [4.78, 5) is 22.7. The molecule has 0 N–H and O–H groups in total. The fourth-order valence-corrected chi connectivity index (χ4v) is 1.14. The molecular weight excluding hydrogens is 224 g/mol. The predicted molar refractivity (Wildman–Crippen MR) is 59.9 cm³/mol. The summed E-state index contributed by atoms with van der Waals surface area (Å²) < 4.78 is 14.5. The Morgan fingerprint density at radius 1 is 1.18 bits per heavy atom. The molecule has 0 aromatic heterocycles. The Hall–Kier alpha value is -1.88. The lowest BCUT2D eigenvalue weighted by Crippen LogP contribution is -2.17. The molecule has 0 atom stereocenters. The Kier molecular flexibility index (Phi) is 5.16. The highest BCUT2D eigenvalue weighted by atomic mass is 16.7. The number of hydrogen-bond donors (Lipinski definition) is 0. The molecule has 0 saturated heterocycles. The first-order chi connectivity index (χ1) is 8.19. The number of carbonyl (C=O) groups excluding carboxylic acids is 2. The third kappa shape index (κ3) is 3.88. The molecule has 92 valence electrons. The van der Waals surface area contributed by atoms with Gasteiger partial charge in [-0.25, -0.2) is 4.79 Å². The topological polar surface area (TPSA) is 61.8 Å². The summed E-state index contributed by atoms with van der Waals surface area (Å²) in [6.07, 6.45) is 0. The third-order valence-electron chi connectivity index (χ3n) is 1.92. The van der Waals surface area contributed by atoms with Crippen LogP contribution in [0.2, 0.25) is 0 Å². The molecule has 0 saturated carbocycles. The molecule has 0 aliphatic rings. The minimum atomic E-state index is -0.849. The largest absolute Gasteiger partial charge is 0.468 e. The van der Waals surface area contributed by atoms with Crippen molar-refractivity contribution in [2.75, 3.05) is 20.5 Å². The van der Waals surface area contributed by atoms with Crippen molar-refractivity contribution in [2.24, 2.45) is 0 Å². The van der Waals surface area contributed by atoms with Gasteiger partial charge in [-0.05, 0) is 31.2 Å². The summed E-state index contributed by atoms with van der Waals surface area (Å²) in [7, 11) is 1.51. The van der Waals surface area contributed by atoms with Crippen LogP contribution in [0.5, 0.6) is 5.75 Å². The molecule has 0 amide bonds. The second-order valence-corrected chi connectivity index (χ2v) is 3.12. The van der Waals surface area contributed by atoms with Gasteiger partial charge in [0.1, 0.15) is 5.75 Å². The summed E-state index contributed by atoms with van der Waals surface area (Å²) in [5.41, 5.74) is 0.271. The van der Waals surface area contributed by atoms with Crippen LogP contribution < -0.4 is 4.74 Å². The average molecular weight is 238 g/mol. The maximum absolute atomic E-state index is 11.5. The number of esters is 1. The van der Waals surface area contributed by atoms with Gasteiger partial charge in [0.05, 0.1) is 6.61 Å². The highest BCUT2D eigenvalue weighted by Gasteiger charge is 2.16. The number of Topliss-reactive ketones (excluding diaryl/α,β-unsaturated/α-hetero) is 1. The minimum absolute atomic E-state index is 0.130. The van der Waals surface area contributed by atoms with E-state index in [1.165, 1.54) is 19.2 Å². The van der Waals surface area contributed by atoms with E-state index < -0.39 is 11.8 Å². The van der Waals surface area contributed by atoms with Crippen LogP contribution in [0.15, 0.2) is 24.3 Å². The molecule has 0 fully saturated rings. The lowest BCUT2D eigenvalue weighted by Gasteiger charge is -2.05. The summed E-state index contributed by atoms with van der Waals surface area (Å²) in [5, 5.41) is 0. The molecule has 1 rings (SSSR count). The molecule has 0 aliphatic heterocycles. The summed E-state index contributed by atoms with van der Waals surface area (Å²) in [5.74, 6) is -0.949. The number of ether oxygens (including phenoxy) is 3. The monoisotopic (exact) mass is 238 g/mol. The Morgan fingerprint density at radius 3 is 2.35 bits per heavy atom. The highest BCUT2D eigenvalue weighted by Crippen LogP contribution is 2.12. The van der Waals surface area contributed by atoms with Crippen LogP contribution >= 0.6 is 0 Å². The second kappa shape index (κ2) is 6.65. The van der Waals surface area contributed by atoms with Crippen molar-refractivity contribution in [1.82, 2.24) is 0 Å². The molecule has 0 bridgehead atoms. The minimum Gasteiger partial charge on any atom is -0.468 e. The predicted octanol–water partition coefficient (Wildman–Crippen LogP) is 1.42. The molecule has 5 nitrogen and oxygen atoms in total. The zero-order chi connectivity index (χ0) is 12.7. The van der Waals surface area contributed by atoms with Crippen LogP contribution in [0.25, 0.3) is 0 Å². The molecule has 1 aromatic rings. The van der Waals surface area contributed by atoms with Crippen LogP contribution in [0.4, 0.5) is 0 Å². The van der Waals surface area contributed by atoms with Crippen molar-refractivity contribution in [1.29, 1.82) is 0 Å². The maximum atomic E-state index is 11.5. The van der Waals surface area contributed by atoms with Gasteiger partial charge in [-0.3, -0.25) is 4.79 Å². The van der Waals surface area contributed by atoms with Crippen molar-refractivity contribution in [3.63, 3.8) is 0 Å². The molecule has 17 heavy (non-hydrogen) atoms. The summed E-state index contributed by atoms with van der Waals surface area (Å²) in [6, 6.07) is 6.19. The van der Waals surface area contributed by atoms with Gasteiger partial charge < -0.3 is 14.2 Å². The van der Waals surface area contributed by atoms with E-state index in [0.717, 1.165) is 0 Å². The van der Waals surface area contributed by atoms with Gasteiger partial charge in [-0.15, -0.1) is 0 Å². The van der Waals surface area contributed by atoms with Crippen LogP contribution in [0, 0.1) is 0 Å². The first-order valence-corrected chi connectivity index (χ1v) is 5.12. The van der Waals surface area contributed by atoms with Crippen LogP contribution in [-0.2, 0) is 14.3 Å². The van der Waals surface area contributed by atoms with Crippen LogP contribution in [-0.4, -0.2) is 32.3 Å². The molecule has 5 heteroatoms. The van der Waals surface area contributed by atoms with E-state index in [4.69, 9.17) is 9.47 Å². The van der Waals surface area contributed by atoms with Crippen LogP contribution in [0.1, 0.15) is 17.3 Å². The van der Waals surface area contributed by atoms with Crippen molar-refractivity contribution in [2.45, 2.75) is 6.92 Å². The van der Waals surface area contributed by atoms with Gasteiger partial charge in [-0.2, -0.15) is 0 Å². The average Bonchev–Trinajstić information content (AvgIpc) is 2.36. The lowest BCUT2D eigenvalue weighted by atomic mass is 10.1. The normalized spacial score (nSPS) is 9.76.